The zero-order chi connectivity index (χ0) is 9.56. The van der Waals surface area contributed by atoms with Crippen molar-refractivity contribution in [3.8, 4) is 0 Å². The molecule has 0 bridgehead atoms. The van der Waals surface area contributed by atoms with E-state index in [-0.39, 0.29) is 0 Å². The van der Waals surface area contributed by atoms with Gasteiger partial charge >= 0.3 is 0 Å². The van der Waals surface area contributed by atoms with E-state index in [2.05, 4.69) is 13.8 Å². The van der Waals surface area contributed by atoms with E-state index in [9.17, 15) is 4.21 Å². The Morgan fingerprint density at radius 1 is 1.42 bits per heavy atom. The second kappa shape index (κ2) is 6.90. The molecule has 1 nitrogen and oxygen atoms in total. The Morgan fingerprint density at radius 2 is 2.00 bits per heavy atom. The molecule has 2 unspecified atom stereocenters. The van der Waals surface area contributed by atoms with E-state index in [0.29, 0.717) is 17.7 Å². The number of hydrogen-bond acceptors (Lipinski definition) is 1. The summed E-state index contributed by atoms with van der Waals surface area (Å²) in [5, 5.41) is 0. The third-order valence-corrected chi connectivity index (χ3v) is 3.08. The highest BCUT2D eigenvalue weighted by Crippen LogP contribution is 2.16. The summed E-state index contributed by atoms with van der Waals surface area (Å²) in [4.78, 5) is 0. The Hall–Kier alpha value is 0.440. The molecule has 12 heavy (non-hydrogen) atoms. The Bertz CT molecular complexity index is 136. The van der Waals surface area contributed by atoms with Crippen molar-refractivity contribution in [2.45, 2.75) is 26.7 Å². The first kappa shape index (κ1) is 12.4. The van der Waals surface area contributed by atoms with Crippen LogP contribution in [0.1, 0.15) is 26.7 Å². The van der Waals surface area contributed by atoms with Crippen LogP contribution in [0.25, 0.3) is 0 Å². The Morgan fingerprint density at radius 3 is 2.33 bits per heavy atom. The molecule has 0 aliphatic heterocycles. The van der Waals surface area contributed by atoms with Crippen molar-refractivity contribution in [2.24, 2.45) is 11.8 Å². The van der Waals surface area contributed by atoms with E-state index in [1.807, 2.05) is 0 Å². The summed E-state index contributed by atoms with van der Waals surface area (Å²) in [5.41, 5.74) is 0. The van der Waals surface area contributed by atoms with E-state index in [4.69, 9.17) is 11.6 Å². The fourth-order valence-electron chi connectivity index (χ4n) is 1.26. The maximum atomic E-state index is 10.8. The van der Waals surface area contributed by atoms with Gasteiger partial charge in [-0.3, -0.25) is 4.21 Å². The number of halogens is 1. The monoisotopic (exact) mass is 210 g/mol. The summed E-state index contributed by atoms with van der Waals surface area (Å²) < 4.78 is 10.8. The summed E-state index contributed by atoms with van der Waals surface area (Å²) >= 11 is 5.80. The zero-order valence-corrected chi connectivity index (χ0v) is 9.75. The van der Waals surface area contributed by atoms with Crippen LogP contribution in [0, 0.1) is 11.8 Å². The van der Waals surface area contributed by atoms with Crippen molar-refractivity contribution >= 4 is 22.4 Å². The molecule has 0 aliphatic carbocycles. The minimum absolute atomic E-state index is 0.551. The molecule has 0 aromatic rings. The van der Waals surface area contributed by atoms with Gasteiger partial charge in [-0.05, 0) is 24.7 Å². The van der Waals surface area contributed by atoms with Gasteiger partial charge in [0, 0.05) is 28.7 Å². The second-order valence-electron chi connectivity index (χ2n) is 3.72. The Kier molecular flexibility index (Phi) is 7.16. The predicted octanol–water partition coefficient (Wildman–Crippen LogP) is 2.66. The highest BCUT2D eigenvalue weighted by molar-refractivity contribution is 7.84. The molecule has 0 aromatic heterocycles. The van der Waals surface area contributed by atoms with Gasteiger partial charge < -0.3 is 0 Å². The summed E-state index contributed by atoms with van der Waals surface area (Å²) in [6, 6.07) is 0. The van der Waals surface area contributed by atoms with Crippen LogP contribution >= 0.6 is 11.6 Å². The first-order valence-corrected chi connectivity index (χ1v) is 6.68. The minimum atomic E-state index is -0.661. The van der Waals surface area contributed by atoms with Gasteiger partial charge in [-0.2, -0.15) is 0 Å². The van der Waals surface area contributed by atoms with Crippen LogP contribution in [0.5, 0.6) is 0 Å². The van der Waals surface area contributed by atoms with E-state index >= 15 is 0 Å². The Balaban J connectivity index is 3.60. The van der Waals surface area contributed by atoms with Crippen molar-refractivity contribution in [3.63, 3.8) is 0 Å². The molecule has 0 aromatic carbocycles. The lowest BCUT2D eigenvalue weighted by Crippen LogP contribution is -2.10. The van der Waals surface area contributed by atoms with Crippen LogP contribution in [0.3, 0.4) is 0 Å². The lowest BCUT2D eigenvalue weighted by molar-refractivity contribution is 0.434. The molecule has 3 heteroatoms. The molecule has 0 amide bonds. The van der Waals surface area contributed by atoms with Crippen LogP contribution in [-0.2, 0) is 10.8 Å². The lowest BCUT2D eigenvalue weighted by atomic mass is 9.97. The molecule has 0 rings (SSSR count). The lowest BCUT2D eigenvalue weighted by Gasteiger charge is -2.14. The van der Waals surface area contributed by atoms with Gasteiger partial charge in [-0.1, -0.05) is 13.8 Å². The highest BCUT2D eigenvalue weighted by atomic mass is 35.5. The van der Waals surface area contributed by atoms with Gasteiger partial charge in [0.05, 0.1) is 0 Å². The van der Waals surface area contributed by atoms with Gasteiger partial charge in [-0.25, -0.2) is 0 Å². The summed E-state index contributed by atoms with van der Waals surface area (Å²) in [6.45, 7) is 4.39. The smallest absolute Gasteiger partial charge is 0.0252 e. The van der Waals surface area contributed by atoms with Crippen molar-refractivity contribution in [3.05, 3.63) is 0 Å². The van der Waals surface area contributed by atoms with Gasteiger partial charge in [0.2, 0.25) is 0 Å². The summed E-state index contributed by atoms with van der Waals surface area (Å²) in [7, 11) is -0.661. The topological polar surface area (TPSA) is 17.1 Å². The molecule has 0 saturated carbocycles. The standard InChI is InChI=1S/C9H19ClOS/c1-8(2)6-9(7-10)4-5-12(3)11/h8-9H,4-7H2,1-3H3. The fourth-order valence-corrected chi connectivity index (χ4v) is 2.20. The molecular weight excluding hydrogens is 192 g/mol. The van der Waals surface area contributed by atoms with Crippen LogP contribution in [-0.4, -0.2) is 22.1 Å². The van der Waals surface area contributed by atoms with Crippen LogP contribution < -0.4 is 0 Å². The average molecular weight is 211 g/mol. The second-order valence-corrected chi connectivity index (χ2v) is 5.58. The van der Waals surface area contributed by atoms with Crippen molar-refractivity contribution < 1.29 is 4.21 Å². The molecule has 74 valence electrons. The molecule has 0 radical (unpaired) electrons. The maximum Gasteiger partial charge on any atom is 0.0252 e. The maximum absolute atomic E-state index is 10.8. The number of rotatable bonds is 6. The van der Waals surface area contributed by atoms with E-state index < -0.39 is 10.8 Å². The first-order valence-electron chi connectivity index (χ1n) is 4.42. The van der Waals surface area contributed by atoms with Crippen LogP contribution in [0.4, 0.5) is 0 Å². The third kappa shape index (κ3) is 7.11. The van der Waals surface area contributed by atoms with Crippen LogP contribution in [0.2, 0.25) is 0 Å². The molecule has 0 heterocycles. The normalized spacial score (nSPS) is 16.4. The van der Waals surface area contributed by atoms with E-state index in [1.165, 1.54) is 0 Å². The molecule has 0 spiro atoms. The van der Waals surface area contributed by atoms with Crippen molar-refractivity contribution in [2.75, 3.05) is 17.9 Å². The summed E-state index contributed by atoms with van der Waals surface area (Å²) in [6.07, 6.45) is 3.91. The first-order chi connectivity index (χ1) is 5.56. The average Bonchev–Trinajstić information content (AvgIpc) is 1.97. The molecule has 0 fully saturated rings. The molecule has 0 saturated heterocycles. The summed E-state index contributed by atoms with van der Waals surface area (Å²) in [5.74, 6) is 2.74. The minimum Gasteiger partial charge on any atom is -0.260 e. The van der Waals surface area contributed by atoms with Crippen LogP contribution in [0.15, 0.2) is 0 Å². The molecule has 0 N–H and O–H groups in total. The highest BCUT2D eigenvalue weighted by Gasteiger charge is 2.09. The SMILES string of the molecule is CC(C)CC(CCl)CCS(C)=O. The number of hydrogen-bond donors (Lipinski definition) is 0. The Labute approximate surface area is 83.3 Å². The molecule has 2 atom stereocenters. The van der Waals surface area contributed by atoms with Gasteiger partial charge in [-0.15, -0.1) is 11.6 Å². The van der Waals surface area contributed by atoms with E-state index in [1.54, 1.807) is 6.26 Å². The fraction of sp³-hybridized carbons (Fsp3) is 1.00. The van der Waals surface area contributed by atoms with Gasteiger partial charge in [0.1, 0.15) is 0 Å². The predicted molar refractivity (Wildman–Crippen MR) is 57.2 cm³/mol. The van der Waals surface area contributed by atoms with Crippen molar-refractivity contribution in [1.29, 1.82) is 0 Å². The van der Waals surface area contributed by atoms with Crippen molar-refractivity contribution in [1.82, 2.24) is 0 Å². The third-order valence-electron chi connectivity index (χ3n) is 1.84. The van der Waals surface area contributed by atoms with E-state index in [0.717, 1.165) is 18.6 Å². The van der Waals surface area contributed by atoms with Gasteiger partial charge in [0.25, 0.3) is 0 Å². The zero-order valence-electron chi connectivity index (χ0n) is 8.18. The molecular formula is C9H19ClOS. The number of alkyl halides is 1. The molecule has 0 aliphatic rings. The largest absolute Gasteiger partial charge is 0.260 e. The van der Waals surface area contributed by atoms with Gasteiger partial charge in [0.15, 0.2) is 0 Å². The quantitative estimate of drug-likeness (QED) is 0.617.